The highest BCUT2D eigenvalue weighted by Gasteiger charge is 2.15. The van der Waals surface area contributed by atoms with Gasteiger partial charge in [0.05, 0.1) is 6.61 Å². The molecule has 0 amide bonds. The zero-order valence-corrected chi connectivity index (χ0v) is 5.59. The van der Waals surface area contributed by atoms with Gasteiger partial charge in [0.2, 0.25) is 0 Å². The van der Waals surface area contributed by atoms with Gasteiger partial charge in [-0.2, -0.15) is 0 Å². The molecule has 3 nitrogen and oxygen atoms in total. The predicted octanol–water partition coefficient (Wildman–Crippen LogP) is -0.0861. The lowest BCUT2D eigenvalue weighted by atomic mass is 10.2. The highest BCUT2D eigenvalue weighted by atomic mass is 16.7. The van der Waals surface area contributed by atoms with E-state index in [0.29, 0.717) is 0 Å². The summed E-state index contributed by atoms with van der Waals surface area (Å²) in [4.78, 5) is 0. The fourth-order valence-electron chi connectivity index (χ4n) is 0.348. The molecule has 0 spiro atoms. The number of terminal acetylenes is 1. The molecule has 9 heavy (non-hydrogen) atoms. The summed E-state index contributed by atoms with van der Waals surface area (Å²) in [6.07, 6.45) is 4.90. The molecule has 4 heteroatoms. The van der Waals surface area contributed by atoms with Crippen LogP contribution >= 0.6 is 0 Å². The van der Waals surface area contributed by atoms with E-state index in [9.17, 15) is 0 Å². The van der Waals surface area contributed by atoms with Crippen LogP contribution in [0.25, 0.3) is 0 Å². The normalized spacial score (nSPS) is 8.56. The highest BCUT2D eigenvalue weighted by Crippen LogP contribution is 1.85. The van der Waals surface area contributed by atoms with Gasteiger partial charge in [0, 0.05) is 14.2 Å². The van der Waals surface area contributed by atoms with E-state index in [1.807, 2.05) is 0 Å². The molecule has 0 radical (unpaired) electrons. The SMILES string of the molecule is C#CCOB(OC)OC. The van der Waals surface area contributed by atoms with Crippen molar-refractivity contribution in [2.24, 2.45) is 0 Å². The lowest BCUT2D eigenvalue weighted by Crippen LogP contribution is -2.23. The first-order valence-corrected chi connectivity index (χ1v) is 2.45. The Morgan fingerprint density at radius 3 is 2.33 bits per heavy atom. The smallest absolute Gasteiger partial charge is 0.389 e. The zero-order chi connectivity index (χ0) is 7.11. The standard InChI is InChI=1S/C5H9BO3/c1-4-5-9-6(7-2)8-3/h1H,5H2,2-3H3. The van der Waals surface area contributed by atoms with Gasteiger partial charge in [-0.15, -0.1) is 6.42 Å². The van der Waals surface area contributed by atoms with Crippen LogP contribution < -0.4 is 0 Å². The number of hydrogen-bond acceptors (Lipinski definition) is 3. The van der Waals surface area contributed by atoms with E-state index >= 15 is 0 Å². The number of hydrogen-bond donors (Lipinski definition) is 0. The molecule has 0 aliphatic rings. The van der Waals surface area contributed by atoms with Crippen LogP contribution in [-0.4, -0.2) is 28.1 Å². The Morgan fingerprint density at radius 1 is 1.44 bits per heavy atom. The second-order valence-corrected chi connectivity index (χ2v) is 1.28. The van der Waals surface area contributed by atoms with Gasteiger partial charge in [0.1, 0.15) is 0 Å². The van der Waals surface area contributed by atoms with Gasteiger partial charge in [-0.05, 0) is 0 Å². The van der Waals surface area contributed by atoms with Crippen LogP contribution in [0.15, 0.2) is 0 Å². The van der Waals surface area contributed by atoms with Crippen molar-refractivity contribution < 1.29 is 14.0 Å². The number of rotatable bonds is 4. The van der Waals surface area contributed by atoms with Crippen LogP contribution in [0.4, 0.5) is 0 Å². The molecule has 0 aromatic carbocycles. The first kappa shape index (κ1) is 8.50. The molecule has 0 saturated carbocycles. The molecule has 0 N–H and O–H groups in total. The predicted molar refractivity (Wildman–Crippen MR) is 34.6 cm³/mol. The van der Waals surface area contributed by atoms with Crippen molar-refractivity contribution in [3.8, 4) is 12.3 Å². The Balaban J connectivity index is 3.22. The second-order valence-electron chi connectivity index (χ2n) is 1.28. The Kier molecular flexibility index (Phi) is 5.33. The van der Waals surface area contributed by atoms with Crippen molar-refractivity contribution in [2.75, 3.05) is 20.8 Å². The summed E-state index contributed by atoms with van der Waals surface area (Å²) in [7, 11) is 2.32. The molecule has 0 rings (SSSR count). The fourth-order valence-corrected chi connectivity index (χ4v) is 0.348. The van der Waals surface area contributed by atoms with Gasteiger partial charge in [-0.3, -0.25) is 0 Å². The lowest BCUT2D eigenvalue weighted by molar-refractivity contribution is 0.151. The molecule has 0 heterocycles. The first-order valence-electron chi connectivity index (χ1n) is 2.45. The van der Waals surface area contributed by atoms with Crippen molar-refractivity contribution in [1.29, 1.82) is 0 Å². The average molecular weight is 128 g/mol. The molecule has 0 aromatic heterocycles. The summed E-state index contributed by atoms with van der Waals surface area (Å²) in [5, 5.41) is 0. The molecular formula is C5H9BO3. The average Bonchev–Trinajstić information content (AvgIpc) is 1.91. The highest BCUT2D eigenvalue weighted by molar-refractivity contribution is 6.36. The molecular weight excluding hydrogens is 119 g/mol. The third-order valence-electron chi connectivity index (χ3n) is 0.688. The third kappa shape index (κ3) is 4.04. The van der Waals surface area contributed by atoms with Crippen LogP contribution in [0.2, 0.25) is 0 Å². The van der Waals surface area contributed by atoms with Gasteiger partial charge >= 0.3 is 7.32 Å². The maximum atomic E-state index is 4.90. The topological polar surface area (TPSA) is 27.7 Å². The van der Waals surface area contributed by atoms with Crippen molar-refractivity contribution in [3.05, 3.63) is 0 Å². The molecule has 0 atom stereocenters. The van der Waals surface area contributed by atoms with E-state index in [1.165, 1.54) is 14.2 Å². The maximum Gasteiger partial charge on any atom is 0.639 e. The van der Waals surface area contributed by atoms with Crippen LogP contribution in [0.1, 0.15) is 0 Å². The van der Waals surface area contributed by atoms with E-state index in [2.05, 4.69) is 15.2 Å². The summed E-state index contributed by atoms with van der Waals surface area (Å²) >= 11 is 0. The van der Waals surface area contributed by atoms with Crippen molar-refractivity contribution in [3.63, 3.8) is 0 Å². The molecule has 0 bridgehead atoms. The van der Waals surface area contributed by atoms with Crippen LogP contribution in [-0.2, 0) is 14.0 Å². The minimum Gasteiger partial charge on any atom is -0.389 e. The second kappa shape index (κ2) is 5.64. The third-order valence-corrected chi connectivity index (χ3v) is 0.688. The summed E-state index contributed by atoms with van der Waals surface area (Å²) in [6.45, 7) is 0.201. The van der Waals surface area contributed by atoms with Crippen molar-refractivity contribution in [1.82, 2.24) is 0 Å². The monoisotopic (exact) mass is 128 g/mol. The van der Waals surface area contributed by atoms with E-state index in [-0.39, 0.29) is 6.61 Å². The van der Waals surface area contributed by atoms with Crippen LogP contribution in [0, 0.1) is 12.3 Å². The van der Waals surface area contributed by atoms with Crippen molar-refractivity contribution in [2.45, 2.75) is 0 Å². The molecule has 0 saturated heterocycles. The molecule has 50 valence electrons. The van der Waals surface area contributed by atoms with E-state index in [0.717, 1.165) is 0 Å². The van der Waals surface area contributed by atoms with E-state index in [1.54, 1.807) is 0 Å². The molecule has 0 aliphatic carbocycles. The minimum atomic E-state index is -0.638. The van der Waals surface area contributed by atoms with Crippen LogP contribution in [0.5, 0.6) is 0 Å². The van der Waals surface area contributed by atoms with Crippen molar-refractivity contribution >= 4 is 7.32 Å². The van der Waals surface area contributed by atoms with E-state index < -0.39 is 7.32 Å². The maximum absolute atomic E-state index is 4.90. The molecule has 0 fully saturated rings. The summed E-state index contributed by atoms with van der Waals surface area (Å²) in [5.41, 5.74) is 0. The van der Waals surface area contributed by atoms with Gasteiger partial charge < -0.3 is 14.0 Å². The van der Waals surface area contributed by atoms with Gasteiger partial charge in [0.25, 0.3) is 0 Å². The minimum absolute atomic E-state index is 0.201. The van der Waals surface area contributed by atoms with Gasteiger partial charge in [0.15, 0.2) is 0 Å². The Morgan fingerprint density at radius 2 is 2.00 bits per heavy atom. The Bertz CT molecular complexity index is 94.9. The molecule has 0 unspecified atom stereocenters. The fraction of sp³-hybridized carbons (Fsp3) is 0.600. The van der Waals surface area contributed by atoms with E-state index in [4.69, 9.17) is 11.1 Å². The zero-order valence-electron chi connectivity index (χ0n) is 5.59. The van der Waals surface area contributed by atoms with Gasteiger partial charge in [-0.1, -0.05) is 5.92 Å². The Hall–Kier alpha value is -0.495. The first-order chi connectivity index (χ1) is 4.35. The molecule has 0 aromatic rings. The Labute approximate surface area is 55.5 Å². The van der Waals surface area contributed by atoms with Gasteiger partial charge in [-0.25, -0.2) is 0 Å². The summed E-state index contributed by atoms with van der Waals surface area (Å²) < 4.78 is 14.1. The molecule has 0 aliphatic heterocycles. The summed E-state index contributed by atoms with van der Waals surface area (Å²) in [5.74, 6) is 2.28. The quantitative estimate of drug-likeness (QED) is 0.391. The van der Waals surface area contributed by atoms with Crippen LogP contribution in [0.3, 0.4) is 0 Å². The largest absolute Gasteiger partial charge is 0.639 e. The lowest BCUT2D eigenvalue weighted by Gasteiger charge is -2.04. The summed E-state index contributed by atoms with van der Waals surface area (Å²) in [6, 6.07) is 0.